The van der Waals surface area contributed by atoms with Gasteiger partial charge in [-0.2, -0.15) is 0 Å². The van der Waals surface area contributed by atoms with Gasteiger partial charge in [0, 0.05) is 12.7 Å². The largest absolute Gasteiger partial charge is 0.366 e. The highest BCUT2D eigenvalue weighted by atomic mass is 19.1. The molecule has 0 aliphatic carbocycles. The van der Waals surface area contributed by atoms with Gasteiger partial charge in [-0.05, 0) is 30.2 Å². The van der Waals surface area contributed by atoms with Crippen molar-refractivity contribution in [3.05, 3.63) is 53.2 Å². The molecule has 0 bridgehead atoms. The summed E-state index contributed by atoms with van der Waals surface area (Å²) in [5, 5.41) is 3.15. The number of rotatable bonds is 4. The number of nitrogens with zero attached hydrogens (tertiary/aromatic N) is 2. The van der Waals surface area contributed by atoms with E-state index in [1.807, 2.05) is 6.07 Å². The lowest BCUT2D eigenvalue weighted by atomic mass is 10.1. The number of hydrogen-bond acceptors (Lipinski definition) is 4. The van der Waals surface area contributed by atoms with Crippen molar-refractivity contribution < 1.29 is 4.39 Å². The Balaban J connectivity index is 2.04. The first-order chi connectivity index (χ1) is 8.69. The Morgan fingerprint density at radius 2 is 2.17 bits per heavy atom. The minimum Gasteiger partial charge on any atom is -0.366 e. The smallest absolute Gasteiger partial charge is 0.144 e. The van der Waals surface area contributed by atoms with E-state index in [1.54, 1.807) is 25.3 Å². The summed E-state index contributed by atoms with van der Waals surface area (Å²) in [7, 11) is 0. The van der Waals surface area contributed by atoms with Crippen LogP contribution in [0.4, 0.5) is 10.2 Å². The molecule has 0 saturated carbocycles. The number of anilines is 1. The quantitative estimate of drug-likeness (QED) is 0.866. The van der Waals surface area contributed by atoms with E-state index >= 15 is 0 Å². The van der Waals surface area contributed by atoms with Crippen molar-refractivity contribution in [1.82, 2.24) is 9.97 Å². The Bertz CT molecular complexity index is 542. The highest BCUT2D eigenvalue weighted by Crippen LogP contribution is 2.11. The summed E-state index contributed by atoms with van der Waals surface area (Å²) in [5.74, 6) is 1.12. The van der Waals surface area contributed by atoms with Crippen LogP contribution < -0.4 is 11.1 Å². The molecule has 18 heavy (non-hydrogen) atoms. The third-order valence-corrected chi connectivity index (χ3v) is 2.58. The van der Waals surface area contributed by atoms with E-state index in [1.165, 1.54) is 6.07 Å². The van der Waals surface area contributed by atoms with Crippen LogP contribution in [0, 0.1) is 12.7 Å². The molecule has 0 amide bonds. The molecule has 0 fully saturated rings. The Morgan fingerprint density at radius 3 is 2.89 bits per heavy atom. The summed E-state index contributed by atoms with van der Waals surface area (Å²) in [5.41, 5.74) is 7.11. The molecule has 1 heterocycles. The van der Waals surface area contributed by atoms with Gasteiger partial charge in [-0.25, -0.2) is 14.4 Å². The molecule has 1 aromatic heterocycles. The van der Waals surface area contributed by atoms with Crippen LogP contribution in [0.15, 0.2) is 30.5 Å². The number of aryl methyl sites for hydroxylation is 1. The first-order valence-electron chi connectivity index (χ1n) is 5.70. The first kappa shape index (κ1) is 12.4. The molecular formula is C13H15FN4. The van der Waals surface area contributed by atoms with Gasteiger partial charge in [0.15, 0.2) is 0 Å². The summed E-state index contributed by atoms with van der Waals surface area (Å²) in [6.45, 7) is 2.64. The third kappa shape index (κ3) is 3.01. The summed E-state index contributed by atoms with van der Waals surface area (Å²) in [4.78, 5) is 8.24. The zero-order valence-electron chi connectivity index (χ0n) is 10.2. The van der Waals surface area contributed by atoms with E-state index in [4.69, 9.17) is 5.73 Å². The lowest BCUT2D eigenvalue weighted by Crippen LogP contribution is -2.07. The molecule has 0 atom stereocenters. The first-order valence-corrected chi connectivity index (χ1v) is 5.70. The van der Waals surface area contributed by atoms with Gasteiger partial charge in [-0.3, -0.25) is 0 Å². The average Bonchev–Trinajstić information content (AvgIpc) is 2.40. The predicted octanol–water partition coefficient (Wildman–Crippen LogP) is 1.99. The maximum absolute atomic E-state index is 13.1. The molecule has 2 aromatic rings. The van der Waals surface area contributed by atoms with Crippen LogP contribution in [0.3, 0.4) is 0 Å². The molecule has 0 spiro atoms. The second-order valence-electron chi connectivity index (χ2n) is 4.00. The standard InChI is InChI=1S/C13H15FN4/c1-9-6-10(2-3-11(9)14)8-17-12-4-5-16-13(7-15)18-12/h2-6H,7-8,15H2,1H3,(H,16,17,18). The molecule has 2 rings (SSSR count). The fourth-order valence-electron chi connectivity index (χ4n) is 1.61. The van der Waals surface area contributed by atoms with E-state index in [-0.39, 0.29) is 5.82 Å². The van der Waals surface area contributed by atoms with Crippen molar-refractivity contribution in [2.24, 2.45) is 5.73 Å². The number of nitrogens with two attached hydrogens (primary N) is 1. The molecule has 0 aliphatic rings. The van der Waals surface area contributed by atoms with E-state index < -0.39 is 0 Å². The Morgan fingerprint density at radius 1 is 1.33 bits per heavy atom. The minimum absolute atomic E-state index is 0.189. The normalized spacial score (nSPS) is 10.4. The van der Waals surface area contributed by atoms with Crippen LogP contribution >= 0.6 is 0 Å². The van der Waals surface area contributed by atoms with Crippen LogP contribution in [0.1, 0.15) is 17.0 Å². The minimum atomic E-state index is -0.189. The average molecular weight is 246 g/mol. The van der Waals surface area contributed by atoms with Gasteiger partial charge in [0.25, 0.3) is 0 Å². The van der Waals surface area contributed by atoms with Crippen LogP contribution in [-0.4, -0.2) is 9.97 Å². The molecule has 1 aromatic carbocycles. The van der Waals surface area contributed by atoms with Crippen molar-refractivity contribution in [1.29, 1.82) is 0 Å². The highest BCUT2D eigenvalue weighted by molar-refractivity contribution is 5.35. The number of halogens is 1. The van der Waals surface area contributed by atoms with Gasteiger partial charge in [0.1, 0.15) is 17.5 Å². The second kappa shape index (κ2) is 5.55. The maximum Gasteiger partial charge on any atom is 0.144 e. The molecule has 3 N–H and O–H groups in total. The summed E-state index contributed by atoms with van der Waals surface area (Å²) < 4.78 is 13.1. The van der Waals surface area contributed by atoms with Crippen LogP contribution in [0.5, 0.6) is 0 Å². The van der Waals surface area contributed by atoms with Crippen molar-refractivity contribution in [2.45, 2.75) is 20.0 Å². The van der Waals surface area contributed by atoms with Gasteiger partial charge in [0.2, 0.25) is 0 Å². The van der Waals surface area contributed by atoms with Crippen molar-refractivity contribution >= 4 is 5.82 Å². The van der Waals surface area contributed by atoms with Crippen molar-refractivity contribution in [2.75, 3.05) is 5.32 Å². The fourth-order valence-corrected chi connectivity index (χ4v) is 1.61. The number of nitrogens with one attached hydrogen (secondary N) is 1. The number of benzene rings is 1. The van der Waals surface area contributed by atoms with Gasteiger partial charge in [-0.15, -0.1) is 0 Å². The van der Waals surface area contributed by atoms with Crippen LogP contribution in [0.2, 0.25) is 0 Å². The predicted molar refractivity (Wildman–Crippen MR) is 68.4 cm³/mol. The maximum atomic E-state index is 13.1. The SMILES string of the molecule is Cc1cc(CNc2ccnc(CN)n2)ccc1F. The molecular weight excluding hydrogens is 231 g/mol. The molecule has 0 radical (unpaired) electrons. The van der Waals surface area contributed by atoms with Gasteiger partial charge in [0.05, 0.1) is 6.54 Å². The van der Waals surface area contributed by atoms with Crippen LogP contribution in [0.25, 0.3) is 0 Å². The third-order valence-electron chi connectivity index (χ3n) is 2.58. The fraction of sp³-hybridized carbons (Fsp3) is 0.231. The lowest BCUT2D eigenvalue weighted by Gasteiger charge is -2.07. The van der Waals surface area contributed by atoms with E-state index in [2.05, 4.69) is 15.3 Å². The van der Waals surface area contributed by atoms with E-state index in [9.17, 15) is 4.39 Å². The lowest BCUT2D eigenvalue weighted by molar-refractivity contribution is 0.617. The van der Waals surface area contributed by atoms with Crippen molar-refractivity contribution in [3.8, 4) is 0 Å². The van der Waals surface area contributed by atoms with Crippen LogP contribution in [-0.2, 0) is 13.1 Å². The highest BCUT2D eigenvalue weighted by Gasteiger charge is 2.00. The molecule has 4 nitrogen and oxygen atoms in total. The number of hydrogen-bond donors (Lipinski definition) is 2. The topological polar surface area (TPSA) is 63.8 Å². The molecule has 5 heteroatoms. The molecule has 94 valence electrons. The summed E-state index contributed by atoms with van der Waals surface area (Å²) in [6.07, 6.45) is 1.66. The van der Waals surface area contributed by atoms with Gasteiger partial charge < -0.3 is 11.1 Å². The van der Waals surface area contributed by atoms with Gasteiger partial charge in [-0.1, -0.05) is 12.1 Å². The number of aromatic nitrogens is 2. The Hall–Kier alpha value is -2.01. The van der Waals surface area contributed by atoms with E-state index in [0.29, 0.717) is 30.3 Å². The molecule has 0 unspecified atom stereocenters. The zero-order chi connectivity index (χ0) is 13.0. The van der Waals surface area contributed by atoms with Crippen molar-refractivity contribution in [3.63, 3.8) is 0 Å². The zero-order valence-corrected chi connectivity index (χ0v) is 10.2. The molecule has 0 saturated heterocycles. The summed E-state index contributed by atoms with van der Waals surface area (Å²) in [6, 6.07) is 6.81. The van der Waals surface area contributed by atoms with Gasteiger partial charge >= 0.3 is 0 Å². The Kier molecular flexibility index (Phi) is 3.84. The molecule has 0 aliphatic heterocycles. The summed E-state index contributed by atoms with van der Waals surface area (Å²) >= 11 is 0. The monoisotopic (exact) mass is 246 g/mol. The second-order valence-corrected chi connectivity index (χ2v) is 4.00. The Labute approximate surface area is 105 Å². The van der Waals surface area contributed by atoms with E-state index in [0.717, 1.165) is 5.56 Å².